The number of carboxylic acid groups (broad SMARTS) is 1. The molecule has 0 aliphatic rings. The average molecular weight is 301 g/mol. The molecule has 0 unspecified atom stereocenters. The van der Waals surface area contributed by atoms with Crippen LogP contribution in [0.4, 0.5) is 13.2 Å². The first-order valence-electron chi connectivity index (χ1n) is 4.60. The van der Waals surface area contributed by atoms with Crippen molar-refractivity contribution in [1.29, 1.82) is 0 Å². The predicted molar refractivity (Wildman–Crippen MR) is 61.1 cm³/mol. The lowest BCUT2D eigenvalue weighted by atomic mass is 10.2. The number of carbonyl (C=O) groups is 1. The molecule has 0 radical (unpaired) electrons. The second-order valence-corrected chi connectivity index (χ2v) is 4.58. The first kappa shape index (κ1) is 15.1. The van der Waals surface area contributed by atoms with Crippen LogP contribution in [0.15, 0.2) is 23.1 Å². The molecule has 1 rings (SSSR count). The quantitative estimate of drug-likeness (QED) is 0.512. The highest BCUT2D eigenvalue weighted by atomic mass is 35.5. The number of hydrogen-bond donors (Lipinski definition) is 1. The Labute approximate surface area is 110 Å². The van der Waals surface area contributed by atoms with E-state index in [2.05, 4.69) is 4.74 Å². The number of rotatable bonds is 5. The summed E-state index contributed by atoms with van der Waals surface area (Å²) in [6.45, 7) is -1.33. The minimum atomic E-state index is -4.37. The lowest BCUT2D eigenvalue weighted by Gasteiger charge is -2.08. The van der Waals surface area contributed by atoms with Crippen LogP contribution in [0.3, 0.4) is 0 Å². The second kappa shape index (κ2) is 6.31. The maximum Gasteiger partial charge on any atom is 0.411 e. The number of halogens is 4. The maximum absolute atomic E-state index is 11.8. The highest BCUT2D eigenvalue weighted by Gasteiger charge is 2.27. The van der Waals surface area contributed by atoms with E-state index in [9.17, 15) is 18.0 Å². The predicted octanol–water partition coefficient (Wildman–Crippen LogP) is 3.67. The summed E-state index contributed by atoms with van der Waals surface area (Å²) < 4.78 is 39.7. The molecule has 0 atom stereocenters. The first-order valence-corrected chi connectivity index (χ1v) is 5.96. The van der Waals surface area contributed by atoms with E-state index in [0.717, 1.165) is 11.8 Å². The number of ether oxygens (including phenoxy) is 1. The van der Waals surface area contributed by atoms with Crippen LogP contribution in [0, 0.1) is 0 Å². The van der Waals surface area contributed by atoms with E-state index >= 15 is 0 Å². The molecule has 1 N–H and O–H groups in total. The van der Waals surface area contributed by atoms with Crippen molar-refractivity contribution in [3.8, 4) is 0 Å². The molecule has 1 aromatic rings. The Morgan fingerprint density at radius 2 is 2.11 bits per heavy atom. The third-order valence-corrected chi connectivity index (χ3v) is 2.94. The largest absolute Gasteiger partial charge is 0.478 e. The molecule has 100 valence electrons. The van der Waals surface area contributed by atoms with E-state index in [0.29, 0.717) is 4.90 Å². The van der Waals surface area contributed by atoms with Crippen LogP contribution in [0.5, 0.6) is 0 Å². The Hall–Kier alpha value is -0.920. The summed E-state index contributed by atoms with van der Waals surface area (Å²) in [6.07, 6.45) is -4.37. The molecule has 0 heterocycles. The summed E-state index contributed by atoms with van der Waals surface area (Å²) in [5.41, 5.74) is -0.0995. The Bertz CT molecular complexity index is 437. The van der Waals surface area contributed by atoms with Gasteiger partial charge in [0.15, 0.2) is 0 Å². The Balaban J connectivity index is 2.53. The van der Waals surface area contributed by atoms with Crippen molar-refractivity contribution in [2.24, 2.45) is 0 Å². The molecule has 0 saturated heterocycles. The van der Waals surface area contributed by atoms with Crippen molar-refractivity contribution in [3.05, 3.63) is 28.8 Å². The van der Waals surface area contributed by atoms with Gasteiger partial charge < -0.3 is 9.84 Å². The SMILES string of the molecule is O=C(O)c1cc(SCOCC(F)(F)F)ccc1Cl. The summed E-state index contributed by atoms with van der Waals surface area (Å²) in [5.74, 6) is -1.42. The molecule has 0 aliphatic carbocycles. The van der Waals surface area contributed by atoms with Crippen molar-refractivity contribution >= 4 is 29.3 Å². The van der Waals surface area contributed by atoms with E-state index in [1.165, 1.54) is 18.2 Å². The van der Waals surface area contributed by atoms with Gasteiger partial charge in [0.05, 0.1) is 16.5 Å². The average Bonchev–Trinajstić information content (AvgIpc) is 2.24. The van der Waals surface area contributed by atoms with E-state index in [-0.39, 0.29) is 16.5 Å². The molecule has 0 amide bonds. The maximum atomic E-state index is 11.8. The van der Waals surface area contributed by atoms with Gasteiger partial charge in [0.2, 0.25) is 0 Å². The first-order chi connectivity index (χ1) is 8.29. The van der Waals surface area contributed by atoms with Gasteiger partial charge in [0.25, 0.3) is 0 Å². The number of aromatic carboxylic acids is 1. The molecule has 3 nitrogen and oxygen atoms in total. The molecule has 1 aromatic carbocycles. The highest BCUT2D eigenvalue weighted by molar-refractivity contribution is 7.99. The van der Waals surface area contributed by atoms with Crippen LogP contribution in [-0.4, -0.2) is 29.8 Å². The zero-order valence-electron chi connectivity index (χ0n) is 8.83. The molecular weight excluding hydrogens is 293 g/mol. The summed E-state index contributed by atoms with van der Waals surface area (Å²) in [6, 6.07) is 4.17. The Kier molecular flexibility index (Phi) is 5.30. The van der Waals surface area contributed by atoms with Crippen molar-refractivity contribution in [2.75, 3.05) is 12.5 Å². The smallest absolute Gasteiger partial charge is 0.411 e. The van der Waals surface area contributed by atoms with Crippen LogP contribution >= 0.6 is 23.4 Å². The van der Waals surface area contributed by atoms with E-state index in [1.807, 2.05) is 0 Å². The Morgan fingerprint density at radius 3 is 2.67 bits per heavy atom. The Morgan fingerprint density at radius 1 is 1.44 bits per heavy atom. The molecule has 0 spiro atoms. The van der Waals surface area contributed by atoms with Gasteiger partial charge in [-0.25, -0.2) is 4.79 Å². The van der Waals surface area contributed by atoms with Gasteiger partial charge in [-0.05, 0) is 18.2 Å². The summed E-state index contributed by atoms with van der Waals surface area (Å²) in [5, 5.41) is 8.87. The van der Waals surface area contributed by atoms with Crippen LogP contribution in [0.25, 0.3) is 0 Å². The van der Waals surface area contributed by atoms with E-state index < -0.39 is 18.8 Å². The van der Waals surface area contributed by atoms with Gasteiger partial charge >= 0.3 is 12.1 Å². The second-order valence-electron chi connectivity index (χ2n) is 3.17. The lowest BCUT2D eigenvalue weighted by molar-refractivity contribution is -0.168. The molecule has 0 aliphatic heterocycles. The number of alkyl halides is 3. The van der Waals surface area contributed by atoms with Crippen LogP contribution in [0.2, 0.25) is 5.02 Å². The third-order valence-electron chi connectivity index (χ3n) is 1.74. The summed E-state index contributed by atoms with van der Waals surface area (Å²) in [7, 11) is 0. The van der Waals surface area contributed by atoms with Crippen LogP contribution in [-0.2, 0) is 4.74 Å². The highest BCUT2D eigenvalue weighted by Crippen LogP contribution is 2.25. The topological polar surface area (TPSA) is 46.5 Å². The number of thioether (sulfide) groups is 1. The molecule has 0 aromatic heterocycles. The number of benzene rings is 1. The van der Waals surface area contributed by atoms with Gasteiger partial charge in [-0.1, -0.05) is 23.4 Å². The molecule has 0 bridgehead atoms. The number of hydrogen-bond acceptors (Lipinski definition) is 3. The van der Waals surface area contributed by atoms with Crippen molar-refractivity contribution in [3.63, 3.8) is 0 Å². The van der Waals surface area contributed by atoms with Gasteiger partial charge in [0.1, 0.15) is 6.61 Å². The molecular formula is C10H8ClF3O3S. The standard InChI is InChI=1S/C10H8ClF3O3S/c11-8-2-1-6(3-7(8)9(15)16)18-5-17-4-10(12,13)14/h1-3H,4-5H2,(H,15,16). The van der Waals surface area contributed by atoms with Crippen LogP contribution < -0.4 is 0 Å². The van der Waals surface area contributed by atoms with Crippen molar-refractivity contribution < 1.29 is 27.8 Å². The monoisotopic (exact) mass is 300 g/mol. The minimum Gasteiger partial charge on any atom is -0.478 e. The molecule has 8 heteroatoms. The third kappa shape index (κ3) is 5.16. The summed E-state index contributed by atoms with van der Waals surface area (Å²) >= 11 is 6.60. The minimum absolute atomic E-state index is 0.0723. The summed E-state index contributed by atoms with van der Waals surface area (Å²) in [4.78, 5) is 11.2. The zero-order chi connectivity index (χ0) is 13.8. The molecule has 0 fully saturated rings. The van der Waals surface area contributed by atoms with Gasteiger partial charge in [-0.15, -0.1) is 0 Å². The van der Waals surface area contributed by atoms with Gasteiger partial charge in [-0.2, -0.15) is 13.2 Å². The fraction of sp³-hybridized carbons (Fsp3) is 0.300. The zero-order valence-corrected chi connectivity index (χ0v) is 10.4. The van der Waals surface area contributed by atoms with E-state index in [4.69, 9.17) is 16.7 Å². The fourth-order valence-electron chi connectivity index (χ4n) is 1.03. The van der Waals surface area contributed by atoms with E-state index in [1.54, 1.807) is 0 Å². The van der Waals surface area contributed by atoms with Crippen molar-refractivity contribution in [1.82, 2.24) is 0 Å². The lowest BCUT2D eigenvalue weighted by Crippen LogP contribution is -2.16. The molecule has 18 heavy (non-hydrogen) atoms. The van der Waals surface area contributed by atoms with Gasteiger partial charge in [-0.3, -0.25) is 0 Å². The van der Waals surface area contributed by atoms with Crippen LogP contribution in [0.1, 0.15) is 10.4 Å². The molecule has 0 saturated carbocycles. The van der Waals surface area contributed by atoms with Crippen molar-refractivity contribution in [2.45, 2.75) is 11.1 Å². The van der Waals surface area contributed by atoms with Gasteiger partial charge in [0, 0.05) is 4.90 Å². The fourth-order valence-corrected chi connectivity index (χ4v) is 1.89. The number of carboxylic acids is 1. The normalized spacial score (nSPS) is 11.6.